The molecule has 78 valence electrons. The smallest absolute Gasteiger partial charge is 0 e. The second kappa shape index (κ2) is 8.61. The van der Waals surface area contributed by atoms with E-state index in [9.17, 15) is 0 Å². The first kappa shape index (κ1) is 13.0. The predicted molar refractivity (Wildman–Crippen MR) is 58.8 cm³/mol. The summed E-state index contributed by atoms with van der Waals surface area (Å²) < 4.78 is 0. The molecule has 0 saturated heterocycles. The van der Waals surface area contributed by atoms with Crippen LogP contribution < -0.4 is 0 Å². The first-order chi connectivity index (χ1) is 6.43. The van der Waals surface area contributed by atoms with E-state index < -0.39 is 0 Å². The summed E-state index contributed by atoms with van der Waals surface area (Å²) >= 11 is 4.38. The molecule has 0 atom stereocenters. The van der Waals surface area contributed by atoms with Crippen molar-refractivity contribution in [2.75, 3.05) is 0 Å². The van der Waals surface area contributed by atoms with Gasteiger partial charge in [-0.3, -0.25) is 4.99 Å². The quantitative estimate of drug-likeness (QED) is 0.323. The van der Waals surface area contributed by atoms with E-state index in [1.807, 2.05) is 54.6 Å². The number of isothiocyanates is 1. The fraction of sp³-hybridized carbons (Fsp3) is 0. The summed E-state index contributed by atoms with van der Waals surface area (Å²) in [5.41, 5.74) is 0.875. The van der Waals surface area contributed by atoms with E-state index in [1.165, 1.54) is 0 Å². The van der Waals surface area contributed by atoms with Gasteiger partial charge >= 0.3 is 0 Å². The Kier molecular flexibility index (Phi) is 8.01. The van der Waals surface area contributed by atoms with E-state index in [0.717, 1.165) is 5.69 Å². The molecule has 0 spiro atoms. The Morgan fingerprint density at radius 1 is 1.00 bits per heavy atom. The van der Waals surface area contributed by atoms with Gasteiger partial charge in [0.2, 0.25) is 0 Å². The minimum Gasteiger partial charge on any atom is -0.748 e. The van der Waals surface area contributed by atoms with E-state index in [-0.39, 0.29) is 17.1 Å². The SMILES string of the molecule is S=C=N[c-]1cccc1.[Fe].[cH-]1[cH-][cH-][cH-][cH-]1. The van der Waals surface area contributed by atoms with Crippen LogP contribution in [-0.4, -0.2) is 5.16 Å². The summed E-state index contributed by atoms with van der Waals surface area (Å²) in [6, 6.07) is 17.6. The predicted octanol–water partition coefficient (Wildman–Crippen LogP) is 3.54. The molecule has 0 aromatic heterocycles. The molecule has 2 aromatic carbocycles. The van der Waals surface area contributed by atoms with Crippen molar-refractivity contribution in [3.05, 3.63) is 54.6 Å². The number of aliphatic imine (C=N–C) groups is 1. The summed E-state index contributed by atoms with van der Waals surface area (Å²) in [6.45, 7) is 0. The van der Waals surface area contributed by atoms with Gasteiger partial charge < -0.3 is 30.3 Å². The molecule has 0 radical (unpaired) electrons. The van der Waals surface area contributed by atoms with Crippen molar-refractivity contribution < 1.29 is 17.1 Å². The molecular formula is C11H9FeNS-6. The topological polar surface area (TPSA) is 12.4 Å². The van der Waals surface area contributed by atoms with Crippen molar-refractivity contribution in [2.24, 2.45) is 4.99 Å². The number of hydrogen-bond donors (Lipinski definition) is 0. The van der Waals surface area contributed by atoms with Crippen LogP contribution >= 0.6 is 12.2 Å². The van der Waals surface area contributed by atoms with E-state index in [4.69, 9.17) is 0 Å². The van der Waals surface area contributed by atoms with E-state index in [2.05, 4.69) is 22.4 Å². The van der Waals surface area contributed by atoms with Crippen molar-refractivity contribution in [3.63, 3.8) is 0 Å². The third-order valence-electron chi connectivity index (χ3n) is 1.38. The normalized spacial score (nSPS) is 7.43. The van der Waals surface area contributed by atoms with Crippen LogP contribution in [-0.2, 0) is 17.1 Å². The molecule has 14 heavy (non-hydrogen) atoms. The van der Waals surface area contributed by atoms with E-state index >= 15 is 0 Å². The van der Waals surface area contributed by atoms with Crippen LogP contribution in [0.15, 0.2) is 59.6 Å². The fourth-order valence-electron chi connectivity index (χ4n) is 0.812. The molecule has 0 fully saturated rings. The van der Waals surface area contributed by atoms with Gasteiger partial charge in [-0.2, -0.15) is 12.1 Å². The number of nitrogens with zero attached hydrogens (tertiary/aromatic N) is 1. The molecule has 0 saturated carbocycles. The first-order valence-corrected chi connectivity index (χ1v) is 4.30. The Bertz CT molecular complexity index is 327. The first-order valence-electron chi connectivity index (χ1n) is 3.90. The molecule has 0 N–H and O–H groups in total. The van der Waals surface area contributed by atoms with Crippen molar-refractivity contribution in [1.82, 2.24) is 0 Å². The Balaban J connectivity index is 0.000000246. The Labute approximate surface area is 99.7 Å². The average Bonchev–Trinajstić information content (AvgIpc) is 2.79. The van der Waals surface area contributed by atoms with Crippen LogP contribution in [0.3, 0.4) is 0 Å². The van der Waals surface area contributed by atoms with Gasteiger partial charge in [0.15, 0.2) is 0 Å². The standard InChI is InChI=1S/C6H4NS.C5H5.Fe/c8-5-7-6-3-1-2-4-6;1-2-4-5-3-1;/h1-4H;1-5H;/q-1;-5;. The molecule has 0 aliphatic carbocycles. The molecule has 3 heteroatoms. The van der Waals surface area contributed by atoms with Crippen LogP contribution in [0, 0.1) is 0 Å². The summed E-state index contributed by atoms with van der Waals surface area (Å²) in [5.74, 6) is 0. The number of rotatable bonds is 1. The third-order valence-corrected chi connectivity index (χ3v) is 1.47. The van der Waals surface area contributed by atoms with Gasteiger partial charge in [-0.1, -0.05) is 17.4 Å². The van der Waals surface area contributed by atoms with Crippen molar-refractivity contribution in [1.29, 1.82) is 0 Å². The maximum Gasteiger partial charge on any atom is 0 e. The zero-order valence-electron chi connectivity index (χ0n) is 7.41. The Morgan fingerprint density at radius 3 is 1.79 bits per heavy atom. The van der Waals surface area contributed by atoms with Gasteiger partial charge in [-0.25, -0.2) is 0 Å². The molecule has 2 aromatic rings. The van der Waals surface area contributed by atoms with Crippen LogP contribution in [0.1, 0.15) is 0 Å². The van der Waals surface area contributed by atoms with Crippen LogP contribution in [0.5, 0.6) is 0 Å². The fourth-order valence-corrected chi connectivity index (χ4v) is 0.917. The van der Waals surface area contributed by atoms with E-state index in [1.54, 1.807) is 0 Å². The number of hydrogen-bond acceptors (Lipinski definition) is 2. The molecular weight excluding hydrogens is 234 g/mol. The summed E-state index contributed by atoms with van der Waals surface area (Å²) in [6.07, 6.45) is 0. The molecule has 0 amide bonds. The molecule has 0 aliphatic heterocycles. The van der Waals surface area contributed by atoms with Crippen LogP contribution in [0.2, 0.25) is 0 Å². The van der Waals surface area contributed by atoms with Gasteiger partial charge in [-0.15, -0.1) is 12.1 Å². The largest absolute Gasteiger partial charge is 0.748 e. The second-order valence-corrected chi connectivity index (χ2v) is 2.49. The zero-order valence-corrected chi connectivity index (χ0v) is 9.33. The summed E-state index contributed by atoms with van der Waals surface area (Å²) in [5, 5.41) is 2.28. The zero-order chi connectivity index (χ0) is 9.36. The Hall–Kier alpha value is -0.981. The van der Waals surface area contributed by atoms with Crippen LogP contribution in [0.4, 0.5) is 5.69 Å². The minimum atomic E-state index is 0. The van der Waals surface area contributed by atoms with Crippen molar-refractivity contribution in [2.45, 2.75) is 0 Å². The van der Waals surface area contributed by atoms with Crippen molar-refractivity contribution >= 4 is 23.1 Å². The molecule has 0 unspecified atom stereocenters. The third kappa shape index (κ3) is 5.63. The average molecular weight is 243 g/mol. The number of thiocarbonyl (C=S) groups is 1. The van der Waals surface area contributed by atoms with Gasteiger partial charge in [0, 0.05) is 17.1 Å². The van der Waals surface area contributed by atoms with Gasteiger partial charge in [0.1, 0.15) is 0 Å². The van der Waals surface area contributed by atoms with Crippen molar-refractivity contribution in [3.8, 4) is 0 Å². The van der Waals surface area contributed by atoms with Gasteiger partial charge in [0.25, 0.3) is 0 Å². The monoisotopic (exact) mass is 243 g/mol. The van der Waals surface area contributed by atoms with Gasteiger partial charge in [-0.05, 0) is 5.69 Å². The molecule has 0 aliphatic rings. The summed E-state index contributed by atoms with van der Waals surface area (Å²) in [7, 11) is 0. The minimum absolute atomic E-state index is 0. The molecule has 2 rings (SSSR count). The maximum absolute atomic E-state index is 4.38. The van der Waals surface area contributed by atoms with Crippen LogP contribution in [0.25, 0.3) is 0 Å². The molecule has 0 bridgehead atoms. The second-order valence-electron chi connectivity index (χ2n) is 2.31. The maximum atomic E-state index is 4.38. The van der Waals surface area contributed by atoms with Gasteiger partial charge in [0.05, 0.1) is 0 Å². The molecule has 1 nitrogen and oxygen atoms in total. The summed E-state index contributed by atoms with van der Waals surface area (Å²) in [4.78, 5) is 3.73. The Morgan fingerprint density at radius 2 is 1.43 bits per heavy atom. The van der Waals surface area contributed by atoms with E-state index in [0.29, 0.717) is 0 Å². The molecule has 0 heterocycles.